The minimum absolute atomic E-state index is 0.155. The second-order valence-electron chi connectivity index (χ2n) is 4.90. The number of hydrogen-bond donors (Lipinski definition) is 3. The Morgan fingerprint density at radius 1 is 1.40 bits per heavy atom. The fraction of sp³-hybridized carbons (Fsp3) is 0.545. The Bertz CT molecular complexity index is 703. The molecular weight excluding hydrogens is 330 g/mol. The molecule has 0 amide bonds. The van der Waals surface area contributed by atoms with Gasteiger partial charge >= 0.3 is 121 Å². The summed E-state index contributed by atoms with van der Waals surface area (Å²) in [4.78, 5) is 22.5. The van der Waals surface area contributed by atoms with Gasteiger partial charge in [-0.25, -0.2) is 0 Å². The Morgan fingerprint density at radius 3 is 2.75 bits per heavy atom. The van der Waals surface area contributed by atoms with E-state index >= 15 is 0 Å². The molecule has 1 aliphatic carbocycles. The number of imidazole rings is 1. The van der Waals surface area contributed by atoms with Crippen molar-refractivity contribution in [1.82, 2.24) is 19.5 Å². The number of rotatable bonds is 3. The number of aliphatic hydroxyl groups excluding tert-OH is 2. The molecule has 1 saturated carbocycles. The van der Waals surface area contributed by atoms with Crippen LogP contribution < -0.4 is 10.2 Å². The summed E-state index contributed by atoms with van der Waals surface area (Å²) >= 11 is 1.15. The first-order valence-electron chi connectivity index (χ1n) is 6.16. The third-order valence-electron chi connectivity index (χ3n) is 3.92. The zero-order valence-electron chi connectivity index (χ0n) is 10.4. The first-order chi connectivity index (χ1) is 9.58. The van der Waals surface area contributed by atoms with E-state index in [2.05, 4.69) is 15.0 Å². The molecule has 0 spiro atoms. The molecule has 0 radical (unpaired) electrons. The van der Waals surface area contributed by atoms with Gasteiger partial charge in [0.05, 0.1) is 0 Å². The van der Waals surface area contributed by atoms with Crippen LogP contribution in [0.1, 0.15) is 6.04 Å². The standard InChI is InChI=1S/C11H14AsFN4O3/c12-11-15-9-7(10(20)16-11)14-3-17(9)8-5(2-19)4(1-18)6(8)13/h3-6,8,18-19H,1-2,12H2,(H,15,16,20)/t4-,5-,6+,8+/m1/s1. The zero-order chi connectivity index (χ0) is 14.4. The Labute approximate surface area is 121 Å². The Balaban J connectivity index is 2.09. The van der Waals surface area contributed by atoms with Crippen LogP contribution in [0.5, 0.6) is 0 Å². The van der Waals surface area contributed by atoms with Crippen molar-refractivity contribution in [3.05, 3.63) is 16.7 Å². The molecule has 1 aliphatic rings. The topological polar surface area (TPSA) is 104 Å². The molecule has 2 aromatic rings. The number of aromatic nitrogens is 4. The maximum absolute atomic E-state index is 14.1. The van der Waals surface area contributed by atoms with Crippen LogP contribution in [0.2, 0.25) is 0 Å². The summed E-state index contributed by atoms with van der Waals surface area (Å²) in [7, 11) is 0. The summed E-state index contributed by atoms with van der Waals surface area (Å²) in [5, 5.41) is 18.5. The van der Waals surface area contributed by atoms with Crippen LogP contribution in [0.15, 0.2) is 11.1 Å². The zero-order valence-corrected chi connectivity index (χ0v) is 12.8. The van der Waals surface area contributed by atoms with Crippen LogP contribution in [0, 0.1) is 11.8 Å². The molecule has 0 saturated heterocycles. The van der Waals surface area contributed by atoms with E-state index < -0.39 is 24.0 Å². The molecule has 20 heavy (non-hydrogen) atoms. The van der Waals surface area contributed by atoms with Crippen molar-refractivity contribution in [2.45, 2.75) is 12.2 Å². The van der Waals surface area contributed by atoms with Gasteiger partial charge in [0.15, 0.2) is 0 Å². The summed E-state index contributed by atoms with van der Waals surface area (Å²) in [6.07, 6.45) is 0.0776. The summed E-state index contributed by atoms with van der Waals surface area (Å²) < 4.78 is 16.1. The summed E-state index contributed by atoms with van der Waals surface area (Å²) in [5.41, 5.74) is 0.112. The number of alkyl halides is 1. The van der Waals surface area contributed by atoms with Gasteiger partial charge in [-0.1, -0.05) is 0 Å². The van der Waals surface area contributed by atoms with Crippen molar-refractivity contribution in [3.8, 4) is 0 Å². The average Bonchev–Trinajstić information content (AvgIpc) is 2.80. The van der Waals surface area contributed by atoms with E-state index in [1.54, 1.807) is 0 Å². The number of aromatic amines is 1. The molecule has 3 N–H and O–H groups in total. The van der Waals surface area contributed by atoms with E-state index in [-0.39, 0.29) is 24.3 Å². The fourth-order valence-corrected chi connectivity index (χ4v) is 3.37. The Morgan fingerprint density at radius 2 is 2.10 bits per heavy atom. The van der Waals surface area contributed by atoms with E-state index in [4.69, 9.17) is 5.11 Å². The van der Waals surface area contributed by atoms with Crippen LogP contribution in [-0.4, -0.2) is 66.0 Å². The number of hydrogen-bond acceptors (Lipinski definition) is 5. The SMILES string of the molecule is O=c1[nH]c([AsH2])nc2c1ncn2[C@@H]1[C@@H](F)[C@H](CO)[C@H]1CO. The Hall–Kier alpha value is -1.24. The third-order valence-corrected chi connectivity index (χ3v) is 4.49. The number of H-pyrrole nitrogens is 1. The molecule has 3 rings (SSSR count). The van der Waals surface area contributed by atoms with Crippen molar-refractivity contribution in [1.29, 1.82) is 0 Å². The monoisotopic (exact) mass is 344 g/mol. The van der Waals surface area contributed by atoms with Gasteiger partial charge in [0.2, 0.25) is 0 Å². The van der Waals surface area contributed by atoms with Gasteiger partial charge in [0.25, 0.3) is 0 Å². The predicted octanol–water partition coefficient (Wildman–Crippen LogP) is -2.51. The quantitative estimate of drug-likeness (QED) is 0.534. The van der Waals surface area contributed by atoms with E-state index in [1.807, 2.05) is 0 Å². The van der Waals surface area contributed by atoms with Gasteiger partial charge < -0.3 is 0 Å². The van der Waals surface area contributed by atoms with E-state index in [0.29, 0.717) is 10.3 Å². The number of halogens is 1. The van der Waals surface area contributed by atoms with Crippen molar-refractivity contribution >= 4 is 32.6 Å². The molecule has 9 heteroatoms. The van der Waals surface area contributed by atoms with E-state index in [1.165, 1.54) is 10.9 Å². The molecule has 0 aromatic carbocycles. The van der Waals surface area contributed by atoms with Crippen molar-refractivity contribution in [2.75, 3.05) is 13.2 Å². The van der Waals surface area contributed by atoms with Gasteiger partial charge in [-0.2, -0.15) is 0 Å². The van der Waals surface area contributed by atoms with Crippen LogP contribution >= 0.6 is 0 Å². The fourth-order valence-electron chi connectivity index (χ4n) is 2.83. The molecule has 0 bridgehead atoms. The average molecular weight is 344 g/mol. The van der Waals surface area contributed by atoms with Crippen molar-refractivity contribution < 1.29 is 14.6 Å². The minimum atomic E-state index is -1.29. The maximum atomic E-state index is 14.1. The van der Waals surface area contributed by atoms with Crippen molar-refractivity contribution in [3.63, 3.8) is 0 Å². The van der Waals surface area contributed by atoms with Crippen LogP contribution in [0.25, 0.3) is 11.2 Å². The molecule has 108 valence electrons. The number of nitrogens with zero attached hydrogens (tertiary/aromatic N) is 3. The second kappa shape index (κ2) is 4.94. The molecule has 5 atom stereocenters. The number of aliphatic hydroxyl groups is 2. The van der Waals surface area contributed by atoms with Gasteiger partial charge in [-0.05, 0) is 0 Å². The van der Waals surface area contributed by atoms with Gasteiger partial charge in [0.1, 0.15) is 0 Å². The van der Waals surface area contributed by atoms with Gasteiger partial charge in [0, 0.05) is 0 Å². The molecule has 2 heterocycles. The van der Waals surface area contributed by atoms with Gasteiger partial charge in [-0.15, -0.1) is 0 Å². The first kappa shape index (κ1) is 13.7. The summed E-state index contributed by atoms with van der Waals surface area (Å²) in [5.74, 6) is -0.992. The normalized spacial score (nSPS) is 29.6. The van der Waals surface area contributed by atoms with Crippen LogP contribution in [0.4, 0.5) is 4.39 Å². The number of nitrogens with one attached hydrogen (secondary N) is 1. The molecule has 1 fully saturated rings. The molecule has 1 unspecified atom stereocenters. The number of fused-ring (bicyclic) bond motifs is 1. The molecule has 0 aliphatic heterocycles. The first-order valence-corrected chi connectivity index (χ1v) is 7.37. The van der Waals surface area contributed by atoms with Crippen molar-refractivity contribution in [2.24, 2.45) is 11.8 Å². The van der Waals surface area contributed by atoms with Crippen LogP contribution in [0.3, 0.4) is 0 Å². The molecule has 2 aromatic heterocycles. The third kappa shape index (κ3) is 1.82. The Kier molecular flexibility index (Phi) is 3.39. The second-order valence-corrected chi connectivity index (χ2v) is 6.05. The van der Waals surface area contributed by atoms with E-state index in [0.717, 1.165) is 16.9 Å². The predicted molar refractivity (Wildman–Crippen MR) is 71.4 cm³/mol. The summed E-state index contributed by atoms with van der Waals surface area (Å²) in [6.45, 7) is -0.548. The van der Waals surface area contributed by atoms with E-state index in [9.17, 15) is 14.3 Å². The summed E-state index contributed by atoms with van der Waals surface area (Å²) in [6, 6.07) is -0.650. The molecular formula is C11H14AsFN4O3. The van der Waals surface area contributed by atoms with Gasteiger partial charge in [-0.3, -0.25) is 0 Å². The van der Waals surface area contributed by atoms with Crippen LogP contribution in [-0.2, 0) is 0 Å². The molecule has 7 nitrogen and oxygen atoms in total.